The average molecular weight is 353 g/mol. The number of nitrogens with two attached hydrogens (primary N) is 1. The maximum atomic E-state index is 11.6. The molecule has 0 unspecified atom stereocenters. The minimum Gasteiger partial charge on any atom is -0.368 e. The molecule has 25 heavy (non-hydrogen) atoms. The van der Waals surface area contributed by atoms with Gasteiger partial charge in [-0.15, -0.1) is 0 Å². The Bertz CT molecular complexity index is 551. The van der Waals surface area contributed by atoms with Gasteiger partial charge in [-0.1, -0.05) is 0 Å². The van der Waals surface area contributed by atoms with Crippen LogP contribution in [0.5, 0.6) is 0 Å². The fourth-order valence-electron chi connectivity index (χ4n) is 2.93. The molecule has 4 N–H and O–H groups in total. The van der Waals surface area contributed by atoms with E-state index in [4.69, 9.17) is 5.73 Å². The number of carbonyl (C=O) groups excluding carboxylic acids is 3. The van der Waals surface area contributed by atoms with Gasteiger partial charge in [-0.3, -0.25) is 24.4 Å². The van der Waals surface area contributed by atoms with Crippen molar-refractivity contribution < 1.29 is 14.4 Å². The average Bonchev–Trinajstić information content (AvgIpc) is 2.90. The number of carbonyl (C=O) groups is 3. The Hall–Kier alpha value is -2.36. The summed E-state index contributed by atoms with van der Waals surface area (Å²) in [6.07, 6.45) is 0. The first-order chi connectivity index (χ1) is 11.8. The highest BCUT2D eigenvalue weighted by Crippen LogP contribution is 2.16. The van der Waals surface area contributed by atoms with Gasteiger partial charge in [0.15, 0.2) is 5.96 Å². The van der Waals surface area contributed by atoms with E-state index >= 15 is 0 Å². The second-order valence-electron chi connectivity index (χ2n) is 6.58. The molecule has 2 fully saturated rings. The van der Waals surface area contributed by atoms with E-state index in [1.807, 2.05) is 13.8 Å². The highest BCUT2D eigenvalue weighted by atomic mass is 16.2. The van der Waals surface area contributed by atoms with Crippen molar-refractivity contribution in [3.8, 4) is 0 Å². The Morgan fingerprint density at radius 2 is 1.92 bits per heavy atom. The predicted molar refractivity (Wildman–Crippen MR) is 92.9 cm³/mol. The Morgan fingerprint density at radius 1 is 1.28 bits per heavy atom. The quantitative estimate of drug-likeness (QED) is 0.298. The number of amides is 4. The van der Waals surface area contributed by atoms with Crippen LogP contribution in [0.25, 0.3) is 0 Å². The first-order valence-corrected chi connectivity index (χ1v) is 8.36. The SMILES string of the molecule is CN=C(NCCN1C(=O)CNC1=O)N1CCN(C(C)(C)C(N)=O)CC1. The number of nitrogens with zero attached hydrogens (tertiary/aromatic N) is 4. The summed E-state index contributed by atoms with van der Waals surface area (Å²) in [5.74, 6) is 0.157. The van der Waals surface area contributed by atoms with E-state index in [1.165, 1.54) is 4.90 Å². The third-order valence-corrected chi connectivity index (χ3v) is 4.74. The topological polar surface area (TPSA) is 123 Å². The van der Waals surface area contributed by atoms with Crippen LogP contribution in [0.4, 0.5) is 4.79 Å². The molecule has 0 atom stereocenters. The van der Waals surface area contributed by atoms with Crippen LogP contribution < -0.4 is 16.4 Å². The van der Waals surface area contributed by atoms with Gasteiger partial charge < -0.3 is 21.3 Å². The summed E-state index contributed by atoms with van der Waals surface area (Å²) < 4.78 is 0. The zero-order valence-electron chi connectivity index (χ0n) is 15.0. The summed E-state index contributed by atoms with van der Waals surface area (Å²) >= 11 is 0. The van der Waals surface area contributed by atoms with Crippen LogP contribution in [0.3, 0.4) is 0 Å². The second kappa shape index (κ2) is 7.68. The fourth-order valence-corrected chi connectivity index (χ4v) is 2.93. The van der Waals surface area contributed by atoms with Crippen molar-refractivity contribution in [1.29, 1.82) is 0 Å². The molecule has 0 aliphatic carbocycles. The first-order valence-electron chi connectivity index (χ1n) is 8.36. The third kappa shape index (κ3) is 4.19. The van der Waals surface area contributed by atoms with E-state index in [0.717, 1.165) is 0 Å². The van der Waals surface area contributed by atoms with Crippen molar-refractivity contribution in [2.75, 3.05) is 52.9 Å². The molecule has 0 saturated carbocycles. The molecule has 2 saturated heterocycles. The van der Waals surface area contributed by atoms with E-state index in [1.54, 1.807) is 7.05 Å². The van der Waals surface area contributed by atoms with Gasteiger partial charge in [-0.25, -0.2) is 4.79 Å². The van der Waals surface area contributed by atoms with Gasteiger partial charge in [-0.2, -0.15) is 0 Å². The van der Waals surface area contributed by atoms with Crippen molar-refractivity contribution >= 4 is 23.8 Å². The van der Waals surface area contributed by atoms with Gasteiger partial charge in [0.05, 0.1) is 12.1 Å². The van der Waals surface area contributed by atoms with E-state index in [0.29, 0.717) is 45.2 Å². The number of piperazine rings is 1. The van der Waals surface area contributed by atoms with E-state index < -0.39 is 5.54 Å². The number of nitrogens with one attached hydrogen (secondary N) is 2. The van der Waals surface area contributed by atoms with E-state index in [9.17, 15) is 14.4 Å². The van der Waals surface area contributed by atoms with Gasteiger partial charge in [-0.05, 0) is 13.8 Å². The Balaban J connectivity index is 1.81. The Morgan fingerprint density at radius 3 is 2.40 bits per heavy atom. The number of hydrogen-bond acceptors (Lipinski definition) is 5. The van der Waals surface area contributed by atoms with Crippen molar-refractivity contribution in [3.05, 3.63) is 0 Å². The Labute approximate surface area is 147 Å². The molecule has 2 aliphatic rings. The fraction of sp³-hybridized carbons (Fsp3) is 0.733. The normalized spacial score (nSPS) is 20.0. The summed E-state index contributed by atoms with van der Waals surface area (Å²) in [6, 6.07) is -0.357. The first kappa shape index (κ1) is 19.0. The zero-order chi connectivity index (χ0) is 18.6. The van der Waals surface area contributed by atoms with Crippen LogP contribution in [-0.2, 0) is 9.59 Å². The molecule has 0 aromatic rings. The number of urea groups is 1. The summed E-state index contributed by atoms with van der Waals surface area (Å²) in [6.45, 7) is 7.25. The van der Waals surface area contributed by atoms with Crippen LogP contribution in [0.2, 0.25) is 0 Å². The number of aliphatic imine (C=N–C) groups is 1. The number of rotatable bonds is 5. The minimum absolute atomic E-state index is 0.0607. The largest absolute Gasteiger partial charge is 0.368 e. The van der Waals surface area contributed by atoms with Gasteiger partial charge in [0.2, 0.25) is 11.8 Å². The summed E-state index contributed by atoms with van der Waals surface area (Å²) in [7, 11) is 1.69. The number of hydrogen-bond donors (Lipinski definition) is 3. The number of imide groups is 1. The van der Waals surface area contributed by atoms with E-state index in [-0.39, 0.29) is 24.4 Å². The molecule has 2 rings (SSSR count). The third-order valence-electron chi connectivity index (χ3n) is 4.74. The maximum absolute atomic E-state index is 11.6. The number of guanidine groups is 1. The van der Waals surface area contributed by atoms with Gasteiger partial charge >= 0.3 is 6.03 Å². The minimum atomic E-state index is -0.674. The van der Waals surface area contributed by atoms with Gasteiger partial charge in [0, 0.05) is 46.3 Å². The molecule has 0 radical (unpaired) electrons. The molecule has 0 aromatic heterocycles. The van der Waals surface area contributed by atoms with Crippen LogP contribution in [-0.4, -0.2) is 96.9 Å². The van der Waals surface area contributed by atoms with Crippen LogP contribution in [0, 0.1) is 0 Å². The van der Waals surface area contributed by atoms with Gasteiger partial charge in [0.1, 0.15) is 0 Å². The molecule has 0 spiro atoms. The molecule has 4 amide bonds. The molecule has 10 heteroatoms. The zero-order valence-corrected chi connectivity index (χ0v) is 15.0. The second-order valence-corrected chi connectivity index (χ2v) is 6.58. The highest BCUT2D eigenvalue weighted by Gasteiger charge is 2.35. The van der Waals surface area contributed by atoms with Crippen molar-refractivity contribution in [2.45, 2.75) is 19.4 Å². The summed E-state index contributed by atoms with van der Waals surface area (Å²) in [4.78, 5) is 44.2. The molecular formula is C15H27N7O3. The van der Waals surface area contributed by atoms with Crippen molar-refractivity contribution in [2.24, 2.45) is 10.7 Å². The predicted octanol–water partition coefficient (Wildman–Crippen LogP) is -2.00. The lowest BCUT2D eigenvalue weighted by Gasteiger charge is -2.43. The van der Waals surface area contributed by atoms with Gasteiger partial charge in [0.25, 0.3) is 0 Å². The molecule has 10 nitrogen and oxygen atoms in total. The van der Waals surface area contributed by atoms with Crippen LogP contribution in [0.15, 0.2) is 4.99 Å². The van der Waals surface area contributed by atoms with Crippen LogP contribution in [0.1, 0.15) is 13.8 Å². The lowest BCUT2D eigenvalue weighted by molar-refractivity contribution is -0.129. The van der Waals surface area contributed by atoms with Crippen molar-refractivity contribution in [3.63, 3.8) is 0 Å². The maximum Gasteiger partial charge on any atom is 0.324 e. The highest BCUT2D eigenvalue weighted by molar-refractivity contribution is 6.01. The number of primary amides is 1. The molecule has 0 aromatic carbocycles. The smallest absolute Gasteiger partial charge is 0.324 e. The lowest BCUT2D eigenvalue weighted by Crippen LogP contribution is -2.61. The standard InChI is InChI=1S/C15H27N7O3/c1-15(2,12(16)24)21-8-6-20(7-9-21)13(17-3)18-4-5-22-11(23)10-19-14(22)25/h4-10H2,1-3H3,(H2,16,24)(H,17,18)(H,19,25). The monoisotopic (exact) mass is 353 g/mol. The molecule has 2 heterocycles. The molecule has 2 aliphatic heterocycles. The molecule has 140 valence electrons. The molecule has 0 bridgehead atoms. The lowest BCUT2D eigenvalue weighted by atomic mass is 10.0. The van der Waals surface area contributed by atoms with Crippen molar-refractivity contribution in [1.82, 2.24) is 25.3 Å². The Kier molecular flexibility index (Phi) is 5.83. The van der Waals surface area contributed by atoms with Crippen LogP contribution >= 0.6 is 0 Å². The molecular weight excluding hydrogens is 326 g/mol. The van der Waals surface area contributed by atoms with E-state index in [2.05, 4.69) is 25.4 Å². The summed E-state index contributed by atoms with van der Waals surface area (Å²) in [5.41, 5.74) is 4.80. The summed E-state index contributed by atoms with van der Waals surface area (Å²) in [5, 5.41) is 5.66.